The summed E-state index contributed by atoms with van der Waals surface area (Å²) in [5, 5.41) is 18.2. The first kappa shape index (κ1) is 17.0. The molecular weight excluding hydrogens is 276 g/mol. The Kier molecular flexibility index (Phi) is 5.72. The van der Waals surface area contributed by atoms with Crippen molar-refractivity contribution in [3.63, 3.8) is 0 Å². The molecule has 0 amide bonds. The number of carboxylic acid groups (broad SMARTS) is 1. The van der Waals surface area contributed by atoms with Crippen LogP contribution in [0.25, 0.3) is 0 Å². The van der Waals surface area contributed by atoms with Crippen LogP contribution in [0.5, 0.6) is 5.75 Å². The largest absolute Gasteiger partial charge is 0.508 e. The number of carboxylic acids is 1. The monoisotopic (exact) mass is 296 g/mol. The van der Waals surface area contributed by atoms with Crippen LogP contribution >= 0.6 is 0 Å². The van der Waals surface area contributed by atoms with Crippen LogP contribution in [0.4, 0.5) is 0 Å². The van der Waals surface area contributed by atoms with Gasteiger partial charge in [0.1, 0.15) is 18.0 Å². The lowest BCUT2D eigenvalue weighted by atomic mass is 10.1. The Labute approximate surface area is 123 Å². The van der Waals surface area contributed by atoms with Crippen LogP contribution in [0.2, 0.25) is 0 Å². The number of aromatic hydroxyl groups is 1. The third kappa shape index (κ3) is 6.27. The molecule has 21 heavy (non-hydrogen) atoms. The SMILES string of the molecule is CC(C)(C)OC(=O)c1ccc(O)c(CCOCC(=O)O)c1. The predicted octanol–water partition coefficient (Wildman–Crippen LogP) is 1.99. The molecule has 116 valence electrons. The zero-order valence-corrected chi connectivity index (χ0v) is 12.4. The van der Waals surface area contributed by atoms with Gasteiger partial charge in [-0.15, -0.1) is 0 Å². The minimum Gasteiger partial charge on any atom is -0.508 e. The third-order valence-corrected chi connectivity index (χ3v) is 2.46. The Morgan fingerprint density at radius 3 is 2.48 bits per heavy atom. The normalized spacial score (nSPS) is 11.2. The minimum absolute atomic E-state index is 0.0289. The maximum atomic E-state index is 11.9. The highest BCUT2D eigenvalue weighted by Crippen LogP contribution is 2.21. The van der Waals surface area contributed by atoms with Gasteiger partial charge < -0.3 is 19.7 Å². The Hall–Kier alpha value is -2.08. The van der Waals surface area contributed by atoms with Crippen molar-refractivity contribution in [1.82, 2.24) is 0 Å². The molecule has 0 aromatic heterocycles. The standard InChI is InChI=1S/C15H20O6/c1-15(2,3)21-14(19)11-4-5-12(16)10(8-11)6-7-20-9-13(17)18/h4-5,8,16H,6-7,9H2,1-3H3,(H,17,18). The Morgan fingerprint density at radius 2 is 1.90 bits per heavy atom. The molecular formula is C15H20O6. The maximum Gasteiger partial charge on any atom is 0.338 e. The average Bonchev–Trinajstić information content (AvgIpc) is 2.34. The smallest absolute Gasteiger partial charge is 0.338 e. The van der Waals surface area contributed by atoms with Crippen LogP contribution in [0.1, 0.15) is 36.7 Å². The van der Waals surface area contributed by atoms with Gasteiger partial charge in [0.25, 0.3) is 0 Å². The number of rotatable bonds is 6. The van der Waals surface area contributed by atoms with Crippen molar-refractivity contribution in [1.29, 1.82) is 0 Å². The molecule has 2 N–H and O–H groups in total. The van der Waals surface area contributed by atoms with Crippen LogP contribution in [0, 0.1) is 0 Å². The van der Waals surface area contributed by atoms with Crippen molar-refractivity contribution in [2.45, 2.75) is 32.8 Å². The van der Waals surface area contributed by atoms with E-state index in [1.807, 2.05) is 0 Å². The molecule has 0 atom stereocenters. The number of phenols is 1. The van der Waals surface area contributed by atoms with E-state index in [1.54, 1.807) is 20.8 Å². The lowest BCUT2D eigenvalue weighted by Crippen LogP contribution is -2.24. The number of esters is 1. The first-order valence-electron chi connectivity index (χ1n) is 6.54. The number of hydrogen-bond acceptors (Lipinski definition) is 5. The molecule has 0 unspecified atom stereocenters. The molecule has 0 fully saturated rings. The first-order valence-corrected chi connectivity index (χ1v) is 6.54. The summed E-state index contributed by atoms with van der Waals surface area (Å²) < 4.78 is 10.2. The quantitative estimate of drug-likeness (QED) is 0.616. The lowest BCUT2D eigenvalue weighted by Gasteiger charge is -2.19. The van der Waals surface area contributed by atoms with Gasteiger partial charge in [-0.2, -0.15) is 0 Å². The number of carbonyl (C=O) groups excluding carboxylic acids is 1. The van der Waals surface area contributed by atoms with Gasteiger partial charge in [-0.3, -0.25) is 0 Å². The second-order valence-electron chi connectivity index (χ2n) is 5.54. The summed E-state index contributed by atoms with van der Waals surface area (Å²) >= 11 is 0. The summed E-state index contributed by atoms with van der Waals surface area (Å²) in [6, 6.07) is 4.41. The highest BCUT2D eigenvalue weighted by atomic mass is 16.6. The van der Waals surface area contributed by atoms with Crippen molar-refractivity contribution < 1.29 is 29.3 Å². The van der Waals surface area contributed by atoms with Crippen LogP contribution in [0.15, 0.2) is 18.2 Å². The van der Waals surface area contributed by atoms with E-state index in [0.717, 1.165) is 0 Å². The maximum absolute atomic E-state index is 11.9. The molecule has 0 spiro atoms. The fourth-order valence-corrected chi connectivity index (χ4v) is 1.59. The van der Waals surface area contributed by atoms with E-state index in [4.69, 9.17) is 14.6 Å². The summed E-state index contributed by atoms with van der Waals surface area (Å²) in [6.07, 6.45) is 0.301. The second-order valence-corrected chi connectivity index (χ2v) is 5.54. The van der Waals surface area contributed by atoms with Crippen LogP contribution in [-0.4, -0.2) is 41.0 Å². The Bertz CT molecular complexity index is 515. The molecule has 1 aromatic rings. The topological polar surface area (TPSA) is 93.1 Å². The molecule has 6 nitrogen and oxygen atoms in total. The van der Waals surface area contributed by atoms with Crippen molar-refractivity contribution in [3.8, 4) is 5.75 Å². The van der Waals surface area contributed by atoms with Gasteiger partial charge >= 0.3 is 11.9 Å². The molecule has 0 aliphatic carbocycles. The van der Waals surface area contributed by atoms with Crippen LogP contribution < -0.4 is 0 Å². The molecule has 0 bridgehead atoms. The average molecular weight is 296 g/mol. The van der Waals surface area contributed by atoms with E-state index in [0.29, 0.717) is 17.5 Å². The van der Waals surface area contributed by atoms with Gasteiger partial charge in [-0.1, -0.05) is 0 Å². The molecule has 6 heteroatoms. The zero-order valence-electron chi connectivity index (χ0n) is 12.4. The highest BCUT2D eigenvalue weighted by Gasteiger charge is 2.18. The number of ether oxygens (including phenoxy) is 2. The third-order valence-electron chi connectivity index (χ3n) is 2.46. The molecule has 0 aliphatic heterocycles. The van der Waals surface area contributed by atoms with Gasteiger partial charge in [0.15, 0.2) is 0 Å². The van der Waals surface area contributed by atoms with E-state index in [2.05, 4.69) is 0 Å². The van der Waals surface area contributed by atoms with E-state index < -0.39 is 24.1 Å². The summed E-state index contributed by atoms with van der Waals surface area (Å²) in [6.45, 7) is 5.05. The highest BCUT2D eigenvalue weighted by molar-refractivity contribution is 5.90. The van der Waals surface area contributed by atoms with E-state index >= 15 is 0 Å². The minimum atomic E-state index is -1.05. The van der Waals surface area contributed by atoms with Crippen molar-refractivity contribution >= 4 is 11.9 Å². The van der Waals surface area contributed by atoms with E-state index in [9.17, 15) is 14.7 Å². The molecule has 1 rings (SSSR count). The van der Waals surface area contributed by atoms with Gasteiger partial charge in [-0.25, -0.2) is 9.59 Å². The van der Waals surface area contributed by atoms with E-state index in [-0.39, 0.29) is 12.4 Å². The van der Waals surface area contributed by atoms with Crippen LogP contribution in [0.3, 0.4) is 0 Å². The van der Waals surface area contributed by atoms with Crippen LogP contribution in [-0.2, 0) is 20.7 Å². The number of hydrogen-bond donors (Lipinski definition) is 2. The molecule has 0 aliphatic rings. The number of benzene rings is 1. The molecule has 0 heterocycles. The van der Waals surface area contributed by atoms with Crippen molar-refractivity contribution in [3.05, 3.63) is 29.3 Å². The predicted molar refractivity (Wildman–Crippen MR) is 75.4 cm³/mol. The number of phenolic OH excluding ortho intramolecular Hbond substituents is 1. The van der Waals surface area contributed by atoms with Gasteiger partial charge in [-0.05, 0) is 51.0 Å². The summed E-state index contributed by atoms with van der Waals surface area (Å²) in [7, 11) is 0. The molecule has 0 saturated heterocycles. The van der Waals surface area contributed by atoms with Gasteiger partial charge in [0.2, 0.25) is 0 Å². The van der Waals surface area contributed by atoms with E-state index in [1.165, 1.54) is 18.2 Å². The molecule has 1 aromatic carbocycles. The molecule has 0 saturated carbocycles. The van der Waals surface area contributed by atoms with Crippen molar-refractivity contribution in [2.24, 2.45) is 0 Å². The van der Waals surface area contributed by atoms with Crippen molar-refractivity contribution in [2.75, 3.05) is 13.2 Å². The Morgan fingerprint density at radius 1 is 1.24 bits per heavy atom. The number of aliphatic carboxylic acids is 1. The Balaban J connectivity index is 2.71. The summed E-state index contributed by atoms with van der Waals surface area (Å²) in [5.41, 5.74) is 0.236. The fourth-order valence-electron chi connectivity index (χ4n) is 1.59. The number of carbonyl (C=O) groups is 2. The van der Waals surface area contributed by atoms with Gasteiger partial charge in [0.05, 0.1) is 12.2 Å². The second kappa shape index (κ2) is 7.08. The van der Waals surface area contributed by atoms with Gasteiger partial charge in [0, 0.05) is 0 Å². The summed E-state index contributed by atoms with van der Waals surface area (Å²) in [4.78, 5) is 22.2. The molecule has 0 radical (unpaired) electrons. The fraction of sp³-hybridized carbons (Fsp3) is 0.467. The first-order chi connectivity index (χ1) is 9.69. The lowest BCUT2D eigenvalue weighted by molar-refractivity contribution is -0.142. The zero-order chi connectivity index (χ0) is 16.0. The summed E-state index contributed by atoms with van der Waals surface area (Å²) in [5.74, 6) is -1.50.